The third-order valence-corrected chi connectivity index (χ3v) is 4.62. The molecule has 1 aromatic heterocycles. The number of nitrogens with one attached hydrogen (secondary N) is 1. The lowest BCUT2D eigenvalue weighted by Gasteiger charge is -2.23. The average molecular weight is 309 g/mol. The molecular formula is C10H19N3O4S2. The molecule has 1 unspecified atom stereocenters. The molecular weight excluding hydrogens is 290 g/mol. The first-order valence-electron chi connectivity index (χ1n) is 5.58. The van der Waals surface area contributed by atoms with E-state index in [9.17, 15) is 13.5 Å². The minimum Gasteiger partial charge on any atom is -0.388 e. The van der Waals surface area contributed by atoms with Crippen LogP contribution in [0, 0.1) is 0 Å². The van der Waals surface area contributed by atoms with Crippen LogP contribution in [-0.2, 0) is 14.6 Å². The van der Waals surface area contributed by atoms with Gasteiger partial charge in [-0.25, -0.2) is 8.42 Å². The van der Waals surface area contributed by atoms with Crippen molar-refractivity contribution >= 4 is 32.2 Å². The summed E-state index contributed by atoms with van der Waals surface area (Å²) in [4.78, 5) is -0.0139. The predicted octanol–water partition coefficient (Wildman–Crippen LogP) is 0.328. The van der Waals surface area contributed by atoms with Crippen molar-refractivity contribution in [1.29, 1.82) is 0 Å². The number of methoxy groups -OCH3 is 1. The van der Waals surface area contributed by atoms with Crippen LogP contribution in [0.5, 0.6) is 0 Å². The summed E-state index contributed by atoms with van der Waals surface area (Å²) in [6.45, 7) is 2.24. The summed E-state index contributed by atoms with van der Waals surface area (Å²) in [6, 6.07) is 0. The number of hydrogen-bond donors (Lipinski definition) is 3. The maximum Gasteiger partial charge on any atom is 0.182 e. The quantitative estimate of drug-likeness (QED) is 0.665. The van der Waals surface area contributed by atoms with Crippen LogP contribution >= 0.6 is 11.5 Å². The molecule has 4 N–H and O–H groups in total. The zero-order valence-electron chi connectivity index (χ0n) is 11.1. The Kier molecular flexibility index (Phi) is 5.13. The number of anilines is 2. The Balaban J connectivity index is 2.79. The van der Waals surface area contributed by atoms with Gasteiger partial charge in [-0.3, -0.25) is 0 Å². The molecule has 0 spiro atoms. The maximum atomic E-state index is 11.6. The monoisotopic (exact) mass is 309 g/mol. The number of nitrogens with zero attached hydrogens (tertiary/aromatic N) is 1. The summed E-state index contributed by atoms with van der Waals surface area (Å²) in [5, 5.41) is 13.3. The van der Waals surface area contributed by atoms with E-state index in [2.05, 4.69) is 9.69 Å². The van der Waals surface area contributed by atoms with Gasteiger partial charge in [0.2, 0.25) is 0 Å². The van der Waals surface area contributed by atoms with Gasteiger partial charge in [-0.05, 0) is 18.5 Å². The fourth-order valence-corrected chi connectivity index (χ4v) is 3.51. The Hall–Kier alpha value is -0.900. The van der Waals surface area contributed by atoms with Gasteiger partial charge in [-0.2, -0.15) is 4.37 Å². The lowest BCUT2D eigenvalue weighted by molar-refractivity contribution is 0.0358. The van der Waals surface area contributed by atoms with E-state index < -0.39 is 15.4 Å². The molecule has 9 heteroatoms. The highest BCUT2D eigenvalue weighted by Crippen LogP contribution is 2.31. The Bertz CT molecular complexity index is 525. The first kappa shape index (κ1) is 16.2. The standard InChI is InChI=1S/C10H19N3O4S2/c1-10(14,4-5-17-2)6-12-9-7(19(3,15)16)8(11)13-18-9/h12,14H,4-6H2,1-3H3,(H2,11,13). The molecule has 0 aliphatic carbocycles. The number of hydrogen-bond acceptors (Lipinski definition) is 8. The molecule has 0 aliphatic rings. The van der Waals surface area contributed by atoms with Crippen molar-refractivity contribution in [3.8, 4) is 0 Å². The molecule has 0 radical (unpaired) electrons. The lowest BCUT2D eigenvalue weighted by atomic mass is 10.0. The molecule has 0 saturated carbocycles. The predicted molar refractivity (Wildman–Crippen MR) is 75.2 cm³/mol. The third kappa shape index (κ3) is 4.60. The molecule has 19 heavy (non-hydrogen) atoms. The number of ether oxygens (including phenoxy) is 1. The van der Waals surface area contributed by atoms with Crippen LogP contribution in [0.1, 0.15) is 13.3 Å². The number of nitrogens with two attached hydrogens (primary N) is 1. The Morgan fingerprint density at radius 2 is 2.21 bits per heavy atom. The summed E-state index contributed by atoms with van der Waals surface area (Å²) in [5.74, 6) is -0.0217. The summed E-state index contributed by atoms with van der Waals surface area (Å²) in [5.41, 5.74) is 4.53. The topological polar surface area (TPSA) is 115 Å². The molecule has 0 fully saturated rings. The van der Waals surface area contributed by atoms with E-state index in [1.165, 1.54) is 0 Å². The normalized spacial score (nSPS) is 15.2. The van der Waals surface area contributed by atoms with Crippen molar-refractivity contribution < 1.29 is 18.3 Å². The molecule has 0 bridgehead atoms. The van der Waals surface area contributed by atoms with Crippen LogP contribution in [0.15, 0.2) is 4.90 Å². The number of sulfone groups is 1. The number of nitrogen functional groups attached to an aromatic ring is 1. The fourth-order valence-electron chi connectivity index (χ4n) is 1.45. The van der Waals surface area contributed by atoms with E-state index in [0.717, 1.165) is 17.8 Å². The molecule has 0 saturated heterocycles. The minimum atomic E-state index is -3.45. The zero-order valence-corrected chi connectivity index (χ0v) is 12.8. The van der Waals surface area contributed by atoms with Crippen molar-refractivity contribution in [3.63, 3.8) is 0 Å². The molecule has 1 rings (SSSR count). The van der Waals surface area contributed by atoms with Gasteiger partial charge in [-0.15, -0.1) is 0 Å². The number of rotatable bonds is 7. The van der Waals surface area contributed by atoms with Crippen molar-refractivity contribution in [1.82, 2.24) is 4.37 Å². The lowest BCUT2D eigenvalue weighted by Crippen LogP contribution is -2.34. The molecule has 110 valence electrons. The van der Waals surface area contributed by atoms with Gasteiger partial charge in [-0.1, -0.05) is 0 Å². The van der Waals surface area contributed by atoms with Crippen molar-refractivity contribution in [3.05, 3.63) is 0 Å². The van der Waals surface area contributed by atoms with Gasteiger partial charge in [0.25, 0.3) is 0 Å². The molecule has 0 amide bonds. The van der Waals surface area contributed by atoms with Crippen LogP contribution in [0.4, 0.5) is 10.8 Å². The van der Waals surface area contributed by atoms with E-state index in [-0.39, 0.29) is 17.3 Å². The summed E-state index contributed by atoms with van der Waals surface area (Å²) >= 11 is 0.960. The molecule has 1 aromatic rings. The van der Waals surface area contributed by atoms with Crippen LogP contribution in [0.2, 0.25) is 0 Å². The largest absolute Gasteiger partial charge is 0.388 e. The van der Waals surface area contributed by atoms with Gasteiger partial charge in [0.15, 0.2) is 15.7 Å². The van der Waals surface area contributed by atoms with E-state index >= 15 is 0 Å². The first-order chi connectivity index (χ1) is 8.67. The van der Waals surface area contributed by atoms with Gasteiger partial charge in [0.1, 0.15) is 9.90 Å². The van der Waals surface area contributed by atoms with Gasteiger partial charge < -0.3 is 20.9 Å². The van der Waals surface area contributed by atoms with Gasteiger partial charge >= 0.3 is 0 Å². The van der Waals surface area contributed by atoms with Gasteiger partial charge in [0, 0.05) is 32.9 Å². The zero-order chi connectivity index (χ0) is 14.7. The first-order valence-corrected chi connectivity index (χ1v) is 8.24. The van der Waals surface area contributed by atoms with Crippen molar-refractivity contribution in [2.75, 3.05) is 37.6 Å². The van der Waals surface area contributed by atoms with E-state index in [1.807, 2.05) is 0 Å². The highest BCUT2D eigenvalue weighted by atomic mass is 32.2. The second-order valence-electron chi connectivity index (χ2n) is 4.59. The fraction of sp³-hybridized carbons (Fsp3) is 0.700. The van der Waals surface area contributed by atoms with Crippen LogP contribution < -0.4 is 11.1 Å². The summed E-state index contributed by atoms with van der Waals surface area (Å²) in [7, 11) is -1.90. The van der Waals surface area contributed by atoms with E-state index in [1.54, 1.807) is 14.0 Å². The van der Waals surface area contributed by atoms with E-state index in [4.69, 9.17) is 10.5 Å². The summed E-state index contributed by atoms with van der Waals surface area (Å²) in [6.07, 6.45) is 1.50. The van der Waals surface area contributed by atoms with Crippen LogP contribution in [-0.4, -0.2) is 50.0 Å². The number of aromatic nitrogens is 1. The highest BCUT2D eigenvalue weighted by molar-refractivity contribution is 7.91. The Morgan fingerprint density at radius 1 is 1.58 bits per heavy atom. The molecule has 1 atom stereocenters. The maximum absolute atomic E-state index is 11.6. The van der Waals surface area contributed by atoms with Crippen LogP contribution in [0.25, 0.3) is 0 Å². The smallest absolute Gasteiger partial charge is 0.182 e. The van der Waals surface area contributed by atoms with Crippen molar-refractivity contribution in [2.45, 2.75) is 23.8 Å². The second-order valence-corrected chi connectivity index (χ2v) is 7.32. The second kappa shape index (κ2) is 6.04. The van der Waals surface area contributed by atoms with Crippen molar-refractivity contribution in [2.24, 2.45) is 0 Å². The average Bonchev–Trinajstić information content (AvgIpc) is 2.65. The van der Waals surface area contributed by atoms with Crippen LogP contribution in [0.3, 0.4) is 0 Å². The molecule has 1 heterocycles. The number of aliphatic hydroxyl groups is 1. The SMILES string of the molecule is COCCC(C)(O)CNc1snc(N)c1S(C)(=O)=O. The Labute approximate surface area is 116 Å². The molecule has 7 nitrogen and oxygen atoms in total. The minimum absolute atomic E-state index is 0.0139. The molecule has 0 aliphatic heterocycles. The highest BCUT2D eigenvalue weighted by Gasteiger charge is 2.24. The Morgan fingerprint density at radius 3 is 2.74 bits per heavy atom. The molecule has 0 aromatic carbocycles. The third-order valence-electron chi connectivity index (χ3n) is 2.52. The van der Waals surface area contributed by atoms with E-state index in [0.29, 0.717) is 18.0 Å². The summed E-state index contributed by atoms with van der Waals surface area (Å²) < 4.78 is 31.9. The van der Waals surface area contributed by atoms with Gasteiger partial charge in [0.05, 0.1) is 5.60 Å².